The second-order valence-electron chi connectivity index (χ2n) is 6.00. The van der Waals surface area contributed by atoms with Crippen molar-refractivity contribution in [3.8, 4) is 17.2 Å². The summed E-state index contributed by atoms with van der Waals surface area (Å²) < 4.78 is 16.9. The van der Waals surface area contributed by atoms with Crippen molar-refractivity contribution < 1.29 is 19.3 Å². The first-order chi connectivity index (χ1) is 10.1. The summed E-state index contributed by atoms with van der Waals surface area (Å²) in [6.45, 7) is 5.16. The van der Waals surface area contributed by atoms with E-state index in [1.807, 2.05) is 12.1 Å². The zero-order valence-corrected chi connectivity index (χ0v) is 12.6. The quantitative estimate of drug-likeness (QED) is 0.871. The molecular formula is C16H23NO4. The number of ether oxygens (including phenoxy) is 3. The van der Waals surface area contributed by atoms with Crippen LogP contribution in [-0.4, -0.2) is 30.1 Å². The number of fused-ring (bicyclic) bond motifs is 1. The summed E-state index contributed by atoms with van der Waals surface area (Å²) in [7, 11) is 0. The van der Waals surface area contributed by atoms with Crippen LogP contribution in [0.2, 0.25) is 0 Å². The summed E-state index contributed by atoms with van der Waals surface area (Å²) in [5, 5.41) is 13.3. The van der Waals surface area contributed by atoms with Gasteiger partial charge in [-0.15, -0.1) is 0 Å². The van der Waals surface area contributed by atoms with Gasteiger partial charge < -0.3 is 24.6 Å². The van der Waals surface area contributed by atoms with Gasteiger partial charge in [-0.2, -0.15) is 0 Å². The molecule has 1 aromatic carbocycles. The van der Waals surface area contributed by atoms with Gasteiger partial charge in [0.05, 0.1) is 6.10 Å². The van der Waals surface area contributed by atoms with E-state index in [1.54, 1.807) is 0 Å². The molecule has 0 bridgehead atoms. The van der Waals surface area contributed by atoms with Crippen molar-refractivity contribution in [2.75, 3.05) is 6.79 Å². The predicted molar refractivity (Wildman–Crippen MR) is 78.8 cm³/mol. The molecule has 1 aliphatic heterocycles. The van der Waals surface area contributed by atoms with E-state index in [-0.39, 0.29) is 19.0 Å². The summed E-state index contributed by atoms with van der Waals surface area (Å²) in [5.41, 5.74) is 1.03. The summed E-state index contributed by atoms with van der Waals surface area (Å²) in [6.07, 6.45) is 2.22. The molecule has 3 rings (SSSR count). The van der Waals surface area contributed by atoms with Gasteiger partial charge in [-0.1, -0.05) is 13.8 Å². The highest BCUT2D eigenvalue weighted by Crippen LogP contribution is 2.39. The van der Waals surface area contributed by atoms with E-state index < -0.39 is 0 Å². The van der Waals surface area contributed by atoms with E-state index in [2.05, 4.69) is 19.2 Å². The van der Waals surface area contributed by atoms with Crippen molar-refractivity contribution in [2.45, 2.75) is 57.9 Å². The van der Waals surface area contributed by atoms with Crippen LogP contribution in [0.15, 0.2) is 12.1 Å². The molecule has 0 aromatic heterocycles. The standard InChI is InChI=1S/C16H23NO4/c1-10(2)17-8-11-6-15-16(20-9-19-15)7-14(11)21-13-5-3-4-12(13)18/h6-7,10,12-13,17-18H,3-5,8-9H2,1-2H3. The Morgan fingerprint density at radius 3 is 2.71 bits per heavy atom. The van der Waals surface area contributed by atoms with Gasteiger partial charge in [-0.25, -0.2) is 0 Å². The van der Waals surface area contributed by atoms with Crippen LogP contribution >= 0.6 is 0 Å². The summed E-state index contributed by atoms with van der Waals surface area (Å²) in [4.78, 5) is 0. The molecule has 1 heterocycles. The molecule has 1 fully saturated rings. The average molecular weight is 293 g/mol. The molecule has 21 heavy (non-hydrogen) atoms. The zero-order valence-electron chi connectivity index (χ0n) is 12.6. The Bertz CT molecular complexity index is 503. The summed E-state index contributed by atoms with van der Waals surface area (Å²) in [5.74, 6) is 2.25. The van der Waals surface area contributed by atoms with E-state index in [0.717, 1.165) is 36.3 Å². The van der Waals surface area contributed by atoms with E-state index in [0.29, 0.717) is 18.3 Å². The number of rotatable bonds is 5. The lowest BCUT2D eigenvalue weighted by molar-refractivity contribution is 0.0595. The fourth-order valence-corrected chi connectivity index (χ4v) is 2.73. The second-order valence-corrected chi connectivity index (χ2v) is 6.00. The monoisotopic (exact) mass is 293 g/mol. The Balaban J connectivity index is 1.82. The lowest BCUT2D eigenvalue weighted by Crippen LogP contribution is -2.27. The van der Waals surface area contributed by atoms with Crippen molar-refractivity contribution in [1.29, 1.82) is 0 Å². The van der Waals surface area contributed by atoms with Crippen LogP contribution in [-0.2, 0) is 6.54 Å². The molecule has 5 heteroatoms. The Labute approximate surface area is 125 Å². The van der Waals surface area contributed by atoms with E-state index in [9.17, 15) is 5.11 Å². The number of aliphatic hydroxyl groups is 1. The van der Waals surface area contributed by atoms with Crippen molar-refractivity contribution in [3.63, 3.8) is 0 Å². The van der Waals surface area contributed by atoms with Crippen LogP contribution in [0, 0.1) is 0 Å². The first-order valence-electron chi connectivity index (χ1n) is 7.64. The highest BCUT2D eigenvalue weighted by atomic mass is 16.7. The smallest absolute Gasteiger partial charge is 0.231 e. The third-order valence-corrected chi connectivity index (χ3v) is 3.95. The first-order valence-corrected chi connectivity index (χ1v) is 7.64. The fourth-order valence-electron chi connectivity index (χ4n) is 2.73. The van der Waals surface area contributed by atoms with Gasteiger partial charge in [0.15, 0.2) is 11.5 Å². The average Bonchev–Trinajstić information content (AvgIpc) is 3.05. The van der Waals surface area contributed by atoms with Gasteiger partial charge in [0.25, 0.3) is 0 Å². The number of hydrogen-bond acceptors (Lipinski definition) is 5. The molecule has 1 aromatic rings. The van der Waals surface area contributed by atoms with Gasteiger partial charge >= 0.3 is 0 Å². The number of aliphatic hydroxyl groups excluding tert-OH is 1. The first kappa shape index (κ1) is 14.5. The molecular weight excluding hydrogens is 270 g/mol. The van der Waals surface area contributed by atoms with Gasteiger partial charge in [0.1, 0.15) is 11.9 Å². The fraction of sp³-hybridized carbons (Fsp3) is 0.625. The predicted octanol–water partition coefficient (Wildman–Crippen LogP) is 2.21. The van der Waals surface area contributed by atoms with Gasteiger partial charge in [0, 0.05) is 24.2 Å². The maximum Gasteiger partial charge on any atom is 0.231 e. The maximum absolute atomic E-state index is 9.96. The third-order valence-electron chi connectivity index (χ3n) is 3.95. The largest absolute Gasteiger partial charge is 0.487 e. The minimum Gasteiger partial charge on any atom is -0.487 e. The molecule has 1 saturated carbocycles. The number of hydrogen-bond donors (Lipinski definition) is 2. The molecule has 2 aliphatic rings. The minimum atomic E-state index is -0.374. The van der Waals surface area contributed by atoms with Crippen molar-refractivity contribution in [2.24, 2.45) is 0 Å². The zero-order chi connectivity index (χ0) is 14.8. The normalized spacial score (nSPS) is 23.8. The topological polar surface area (TPSA) is 60.0 Å². The minimum absolute atomic E-state index is 0.122. The molecule has 5 nitrogen and oxygen atoms in total. The third kappa shape index (κ3) is 3.24. The highest BCUT2D eigenvalue weighted by Gasteiger charge is 2.28. The van der Waals surface area contributed by atoms with Gasteiger partial charge in [0.2, 0.25) is 6.79 Å². The van der Waals surface area contributed by atoms with Crippen LogP contribution in [0.1, 0.15) is 38.7 Å². The van der Waals surface area contributed by atoms with E-state index >= 15 is 0 Å². The molecule has 0 amide bonds. The van der Waals surface area contributed by atoms with Gasteiger partial charge in [-0.05, 0) is 25.3 Å². The van der Waals surface area contributed by atoms with Gasteiger partial charge in [-0.3, -0.25) is 0 Å². The molecule has 0 saturated heterocycles. The summed E-state index contributed by atoms with van der Waals surface area (Å²) >= 11 is 0. The number of benzene rings is 1. The highest BCUT2D eigenvalue weighted by molar-refractivity contribution is 5.52. The van der Waals surface area contributed by atoms with Crippen LogP contribution < -0.4 is 19.5 Å². The Morgan fingerprint density at radius 2 is 2.05 bits per heavy atom. The molecule has 2 atom stereocenters. The molecule has 0 radical (unpaired) electrons. The van der Waals surface area contributed by atoms with Crippen LogP contribution in [0.4, 0.5) is 0 Å². The lowest BCUT2D eigenvalue weighted by atomic mass is 10.1. The van der Waals surface area contributed by atoms with Crippen molar-refractivity contribution in [1.82, 2.24) is 5.32 Å². The summed E-state index contributed by atoms with van der Waals surface area (Å²) in [6, 6.07) is 4.24. The van der Waals surface area contributed by atoms with E-state index in [4.69, 9.17) is 14.2 Å². The van der Waals surface area contributed by atoms with Crippen LogP contribution in [0.3, 0.4) is 0 Å². The second kappa shape index (κ2) is 6.12. The van der Waals surface area contributed by atoms with E-state index in [1.165, 1.54) is 0 Å². The Hall–Kier alpha value is -1.46. The van der Waals surface area contributed by atoms with Crippen molar-refractivity contribution >= 4 is 0 Å². The molecule has 2 unspecified atom stereocenters. The number of nitrogens with one attached hydrogen (secondary N) is 1. The Morgan fingerprint density at radius 1 is 1.29 bits per heavy atom. The van der Waals surface area contributed by atoms with Crippen LogP contribution in [0.5, 0.6) is 17.2 Å². The lowest BCUT2D eigenvalue weighted by Gasteiger charge is -2.20. The Kier molecular flexibility index (Phi) is 4.22. The molecule has 116 valence electrons. The maximum atomic E-state index is 9.96. The molecule has 1 aliphatic carbocycles. The molecule has 0 spiro atoms. The van der Waals surface area contributed by atoms with Crippen molar-refractivity contribution in [3.05, 3.63) is 17.7 Å². The SMILES string of the molecule is CC(C)NCc1cc2c(cc1OC1CCCC1O)OCO2. The van der Waals surface area contributed by atoms with Crippen LogP contribution in [0.25, 0.3) is 0 Å². The molecule has 2 N–H and O–H groups in total.